The summed E-state index contributed by atoms with van der Waals surface area (Å²) < 4.78 is 17.0. The van der Waals surface area contributed by atoms with E-state index in [0.717, 1.165) is 37.1 Å². The number of halogens is 1. The second kappa shape index (κ2) is 7.41. The highest BCUT2D eigenvalue weighted by molar-refractivity contribution is 6.30. The van der Waals surface area contributed by atoms with Gasteiger partial charge in [0, 0.05) is 29.3 Å². The molecule has 1 saturated heterocycles. The van der Waals surface area contributed by atoms with Crippen molar-refractivity contribution in [3.63, 3.8) is 0 Å². The molecular formula is C21H22ClNO4. The highest BCUT2D eigenvalue weighted by atomic mass is 35.5. The van der Waals surface area contributed by atoms with E-state index in [1.165, 1.54) is 0 Å². The Bertz CT molecular complexity index is 829. The van der Waals surface area contributed by atoms with Crippen LogP contribution >= 0.6 is 11.6 Å². The Balaban J connectivity index is 1.58. The zero-order valence-corrected chi connectivity index (χ0v) is 15.9. The van der Waals surface area contributed by atoms with E-state index >= 15 is 0 Å². The van der Waals surface area contributed by atoms with Crippen molar-refractivity contribution in [2.45, 2.75) is 30.8 Å². The van der Waals surface area contributed by atoms with Crippen LogP contribution in [-0.2, 0) is 14.9 Å². The molecule has 5 nitrogen and oxygen atoms in total. The lowest BCUT2D eigenvalue weighted by Crippen LogP contribution is -2.33. The SMILES string of the molecule is COc1cccc(C2(C(=O)Nc3ccc(Cl)cc3)CC2)c1OCC1CCO1. The molecule has 2 aromatic carbocycles. The Kier molecular flexibility index (Phi) is 4.98. The lowest BCUT2D eigenvalue weighted by molar-refractivity contribution is -0.118. The molecule has 27 heavy (non-hydrogen) atoms. The van der Waals surface area contributed by atoms with E-state index in [2.05, 4.69) is 5.32 Å². The molecule has 2 fully saturated rings. The minimum atomic E-state index is -0.593. The van der Waals surface area contributed by atoms with Crippen molar-refractivity contribution < 1.29 is 19.0 Å². The predicted octanol–water partition coefficient (Wildman–Crippen LogP) is 4.19. The van der Waals surface area contributed by atoms with Crippen LogP contribution in [0.15, 0.2) is 42.5 Å². The standard InChI is InChI=1S/C21H22ClNO4/c1-25-18-4-2-3-17(19(18)27-13-16-9-12-26-16)21(10-11-21)20(24)23-15-7-5-14(22)6-8-15/h2-8,16H,9-13H2,1H3,(H,23,24). The fourth-order valence-corrected chi connectivity index (χ4v) is 3.45. The molecule has 1 aliphatic heterocycles. The topological polar surface area (TPSA) is 56.8 Å². The molecule has 1 aliphatic carbocycles. The number of para-hydroxylation sites is 1. The normalized spacial score (nSPS) is 19.7. The number of carbonyl (C=O) groups is 1. The van der Waals surface area contributed by atoms with E-state index in [-0.39, 0.29) is 12.0 Å². The highest BCUT2D eigenvalue weighted by Gasteiger charge is 2.53. The van der Waals surface area contributed by atoms with Crippen LogP contribution in [0.4, 0.5) is 5.69 Å². The summed E-state index contributed by atoms with van der Waals surface area (Å²) in [6.07, 6.45) is 2.65. The Hall–Kier alpha value is -2.24. The molecule has 1 atom stereocenters. The molecule has 2 aliphatic rings. The molecule has 1 unspecified atom stereocenters. The van der Waals surface area contributed by atoms with Gasteiger partial charge in [-0.15, -0.1) is 0 Å². The molecule has 4 rings (SSSR count). The van der Waals surface area contributed by atoms with E-state index in [1.807, 2.05) is 18.2 Å². The summed E-state index contributed by atoms with van der Waals surface area (Å²) >= 11 is 5.92. The number of benzene rings is 2. The maximum atomic E-state index is 13.1. The number of carbonyl (C=O) groups excluding carboxylic acids is 1. The van der Waals surface area contributed by atoms with Gasteiger partial charge in [0.25, 0.3) is 0 Å². The van der Waals surface area contributed by atoms with Gasteiger partial charge in [-0.3, -0.25) is 4.79 Å². The van der Waals surface area contributed by atoms with Crippen LogP contribution in [0, 0.1) is 0 Å². The number of ether oxygens (including phenoxy) is 3. The Labute approximate surface area is 163 Å². The number of hydrogen-bond donors (Lipinski definition) is 1. The van der Waals surface area contributed by atoms with Gasteiger partial charge >= 0.3 is 0 Å². The molecule has 0 aromatic heterocycles. The monoisotopic (exact) mass is 387 g/mol. The molecule has 6 heteroatoms. The quantitative estimate of drug-likeness (QED) is 0.774. The number of nitrogens with one attached hydrogen (secondary N) is 1. The van der Waals surface area contributed by atoms with Gasteiger partial charge < -0.3 is 19.5 Å². The van der Waals surface area contributed by atoms with E-state index < -0.39 is 5.41 Å². The van der Waals surface area contributed by atoms with E-state index in [4.69, 9.17) is 25.8 Å². The molecule has 0 spiro atoms. The molecule has 0 bridgehead atoms. The van der Waals surface area contributed by atoms with Crippen LogP contribution in [0.1, 0.15) is 24.8 Å². The van der Waals surface area contributed by atoms with Gasteiger partial charge in [0.05, 0.1) is 18.6 Å². The van der Waals surface area contributed by atoms with Crippen molar-refractivity contribution in [1.82, 2.24) is 0 Å². The first-order valence-electron chi connectivity index (χ1n) is 9.11. The Morgan fingerprint density at radius 1 is 1.26 bits per heavy atom. The third-order valence-corrected chi connectivity index (χ3v) is 5.46. The number of hydrogen-bond acceptors (Lipinski definition) is 4. The fraction of sp³-hybridized carbons (Fsp3) is 0.381. The van der Waals surface area contributed by atoms with Gasteiger partial charge in [0.15, 0.2) is 11.5 Å². The highest BCUT2D eigenvalue weighted by Crippen LogP contribution is 2.54. The van der Waals surface area contributed by atoms with E-state index in [0.29, 0.717) is 23.1 Å². The summed E-state index contributed by atoms with van der Waals surface area (Å²) in [4.78, 5) is 13.1. The minimum absolute atomic E-state index is 0.0391. The van der Waals surface area contributed by atoms with Crippen LogP contribution in [0.3, 0.4) is 0 Å². The van der Waals surface area contributed by atoms with Crippen LogP contribution in [0.2, 0.25) is 5.02 Å². The number of amides is 1. The van der Waals surface area contributed by atoms with Crippen LogP contribution in [0.5, 0.6) is 11.5 Å². The zero-order valence-electron chi connectivity index (χ0n) is 15.2. The van der Waals surface area contributed by atoms with Gasteiger partial charge in [-0.05, 0) is 43.2 Å². The number of methoxy groups -OCH3 is 1. The van der Waals surface area contributed by atoms with Gasteiger partial charge in [-0.2, -0.15) is 0 Å². The fourth-order valence-electron chi connectivity index (χ4n) is 3.32. The Morgan fingerprint density at radius 3 is 2.59 bits per heavy atom. The lowest BCUT2D eigenvalue weighted by atomic mass is 9.93. The summed E-state index contributed by atoms with van der Waals surface area (Å²) in [5.74, 6) is 1.24. The molecule has 1 saturated carbocycles. The van der Waals surface area contributed by atoms with Crippen molar-refractivity contribution in [2.75, 3.05) is 25.6 Å². The van der Waals surface area contributed by atoms with Crippen molar-refractivity contribution in [3.8, 4) is 11.5 Å². The van der Waals surface area contributed by atoms with Crippen molar-refractivity contribution >= 4 is 23.2 Å². The van der Waals surface area contributed by atoms with Gasteiger partial charge in [0.2, 0.25) is 5.91 Å². The van der Waals surface area contributed by atoms with Crippen molar-refractivity contribution in [3.05, 3.63) is 53.1 Å². The number of anilines is 1. The summed E-state index contributed by atoms with van der Waals surface area (Å²) in [7, 11) is 1.61. The summed E-state index contributed by atoms with van der Waals surface area (Å²) in [5, 5.41) is 3.64. The second-order valence-electron chi connectivity index (χ2n) is 6.97. The molecular weight excluding hydrogens is 366 g/mol. The molecule has 1 heterocycles. The molecule has 1 N–H and O–H groups in total. The summed E-state index contributed by atoms with van der Waals surface area (Å²) in [5.41, 5.74) is 1.00. The van der Waals surface area contributed by atoms with Crippen LogP contribution < -0.4 is 14.8 Å². The third-order valence-electron chi connectivity index (χ3n) is 5.21. The molecule has 142 valence electrons. The van der Waals surface area contributed by atoms with E-state index in [1.54, 1.807) is 31.4 Å². The molecule has 0 radical (unpaired) electrons. The largest absolute Gasteiger partial charge is 0.493 e. The maximum absolute atomic E-state index is 13.1. The summed E-state index contributed by atoms with van der Waals surface area (Å²) in [6.45, 7) is 1.24. The van der Waals surface area contributed by atoms with Gasteiger partial charge in [-0.25, -0.2) is 0 Å². The number of rotatable bonds is 7. The zero-order chi connectivity index (χ0) is 18.9. The van der Waals surface area contributed by atoms with Crippen LogP contribution in [0.25, 0.3) is 0 Å². The predicted molar refractivity (Wildman–Crippen MR) is 104 cm³/mol. The average molecular weight is 388 g/mol. The van der Waals surface area contributed by atoms with Crippen LogP contribution in [-0.4, -0.2) is 32.3 Å². The average Bonchev–Trinajstić information content (AvgIpc) is 3.44. The third kappa shape index (κ3) is 3.62. The first-order valence-corrected chi connectivity index (χ1v) is 9.49. The van der Waals surface area contributed by atoms with Gasteiger partial charge in [0.1, 0.15) is 6.61 Å². The van der Waals surface area contributed by atoms with E-state index in [9.17, 15) is 4.79 Å². The first-order chi connectivity index (χ1) is 13.1. The maximum Gasteiger partial charge on any atom is 0.235 e. The van der Waals surface area contributed by atoms with Crippen molar-refractivity contribution in [1.29, 1.82) is 0 Å². The first kappa shape index (κ1) is 18.1. The summed E-state index contributed by atoms with van der Waals surface area (Å²) in [6, 6.07) is 12.8. The van der Waals surface area contributed by atoms with Crippen molar-refractivity contribution in [2.24, 2.45) is 0 Å². The molecule has 2 aromatic rings. The van der Waals surface area contributed by atoms with Gasteiger partial charge in [-0.1, -0.05) is 23.7 Å². The lowest BCUT2D eigenvalue weighted by Gasteiger charge is -2.28. The second-order valence-corrected chi connectivity index (χ2v) is 7.41. The minimum Gasteiger partial charge on any atom is -0.493 e. The Morgan fingerprint density at radius 2 is 2.00 bits per heavy atom. The molecule has 1 amide bonds. The smallest absolute Gasteiger partial charge is 0.235 e.